The summed E-state index contributed by atoms with van der Waals surface area (Å²) in [5.41, 5.74) is 3.37. The Bertz CT molecular complexity index is 790. The van der Waals surface area contributed by atoms with E-state index in [1.54, 1.807) is 6.20 Å². The highest BCUT2D eigenvalue weighted by molar-refractivity contribution is 9.10. The fraction of sp³-hybridized carbons (Fsp3) is 0.111. The van der Waals surface area contributed by atoms with Crippen molar-refractivity contribution in [3.63, 3.8) is 0 Å². The van der Waals surface area contributed by atoms with Crippen molar-refractivity contribution in [2.75, 3.05) is 10.6 Å². The quantitative estimate of drug-likeness (QED) is 0.672. The van der Waals surface area contributed by atoms with Crippen molar-refractivity contribution in [3.05, 3.63) is 76.4 Å². The lowest BCUT2D eigenvalue weighted by Crippen LogP contribution is -2.05. The topological polar surface area (TPSA) is 49.8 Å². The Balaban J connectivity index is 1.69. The molecule has 0 atom stereocenters. The zero-order valence-electron chi connectivity index (χ0n) is 12.8. The van der Waals surface area contributed by atoms with E-state index >= 15 is 0 Å². The van der Waals surface area contributed by atoms with E-state index in [0.717, 1.165) is 21.5 Å². The van der Waals surface area contributed by atoms with Crippen molar-refractivity contribution in [2.24, 2.45) is 0 Å². The molecule has 0 fully saturated rings. The minimum Gasteiger partial charge on any atom is -0.350 e. The SMILES string of the molecule is Cc1cc(Br)ccc1Nc1ccnc(NCc2ccccc2)n1. The Morgan fingerprint density at radius 3 is 2.65 bits per heavy atom. The van der Waals surface area contributed by atoms with Gasteiger partial charge in [-0.25, -0.2) is 4.98 Å². The molecule has 0 aliphatic rings. The normalized spacial score (nSPS) is 10.3. The van der Waals surface area contributed by atoms with Gasteiger partial charge in [-0.15, -0.1) is 0 Å². The van der Waals surface area contributed by atoms with E-state index in [9.17, 15) is 0 Å². The van der Waals surface area contributed by atoms with E-state index in [2.05, 4.69) is 61.7 Å². The molecule has 3 rings (SSSR count). The Hall–Kier alpha value is -2.40. The number of rotatable bonds is 5. The van der Waals surface area contributed by atoms with E-state index in [1.807, 2.05) is 36.4 Å². The predicted octanol–water partition coefficient (Wildman–Crippen LogP) is 4.90. The summed E-state index contributed by atoms with van der Waals surface area (Å²) in [7, 11) is 0. The van der Waals surface area contributed by atoms with Gasteiger partial charge in [-0.3, -0.25) is 0 Å². The molecule has 0 saturated carbocycles. The van der Waals surface area contributed by atoms with Crippen molar-refractivity contribution in [2.45, 2.75) is 13.5 Å². The van der Waals surface area contributed by atoms with Gasteiger partial charge in [0.15, 0.2) is 0 Å². The average Bonchev–Trinajstić information content (AvgIpc) is 2.57. The van der Waals surface area contributed by atoms with Crippen LogP contribution in [0.25, 0.3) is 0 Å². The molecule has 0 amide bonds. The van der Waals surface area contributed by atoms with Crippen molar-refractivity contribution >= 4 is 33.4 Å². The number of anilines is 3. The third-order valence-electron chi connectivity index (χ3n) is 3.40. The molecule has 0 aliphatic heterocycles. The van der Waals surface area contributed by atoms with E-state index < -0.39 is 0 Å². The molecule has 0 saturated heterocycles. The van der Waals surface area contributed by atoms with Gasteiger partial charge in [-0.2, -0.15) is 4.98 Å². The van der Waals surface area contributed by atoms with Crippen LogP contribution in [0.3, 0.4) is 0 Å². The second-order valence-electron chi connectivity index (χ2n) is 5.19. The average molecular weight is 369 g/mol. The van der Waals surface area contributed by atoms with Crippen LogP contribution < -0.4 is 10.6 Å². The summed E-state index contributed by atoms with van der Waals surface area (Å²) in [5.74, 6) is 1.37. The highest BCUT2D eigenvalue weighted by Gasteiger charge is 2.03. The Kier molecular flexibility index (Phi) is 4.88. The summed E-state index contributed by atoms with van der Waals surface area (Å²) in [4.78, 5) is 8.76. The molecule has 2 aromatic carbocycles. The van der Waals surface area contributed by atoms with Crippen molar-refractivity contribution < 1.29 is 0 Å². The fourth-order valence-electron chi connectivity index (χ4n) is 2.20. The second kappa shape index (κ2) is 7.24. The molecule has 0 bridgehead atoms. The molecule has 0 radical (unpaired) electrons. The van der Waals surface area contributed by atoms with Crippen LogP contribution in [0, 0.1) is 6.92 Å². The van der Waals surface area contributed by atoms with Crippen LogP contribution in [0.5, 0.6) is 0 Å². The predicted molar refractivity (Wildman–Crippen MR) is 98.0 cm³/mol. The van der Waals surface area contributed by atoms with Crippen LogP contribution in [-0.4, -0.2) is 9.97 Å². The maximum atomic E-state index is 4.50. The highest BCUT2D eigenvalue weighted by atomic mass is 79.9. The van der Waals surface area contributed by atoms with Gasteiger partial charge in [0.05, 0.1) is 0 Å². The van der Waals surface area contributed by atoms with Gasteiger partial charge in [0.25, 0.3) is 0 Å². The molecule has 23 heavy (non-hydrogen) atoms. The van der Waals surface area contributed by atoms with Gasteiger partial charge in [0.2, 0.25) is 5.95 Å². The second-order valence-corrected chi connectivity index (χ2v) is 6.10. The standard InChI is InChI=1S/C18H17BrN4/c1-13-11-15(19)7-8-16(13)22-17-9-10-20-18(23-17)21-12-14-5-3-2-4-6-14/h2-11H,12H2,1H3,(H2,20,21,22,23). The van der Waals surface area contributed by atoms with Crippen LogP contribution in [-0.2, 0) is 6.54 Å². The van der Waals surface area contributed by atoms with E-state index in [0.29, 0.717) is 12.5 Å². The molecule has 0 spiro atoms. The molecule has 2 N–H and O–H groups in total. The number of benzene rings is 2. The van der Waals surface area contributed by atoms with Crippen LogP contribution in [0.2, 0.25) is 0 Å². The summed E-state index contributed by atoms with van der Waals surface area (Å²) in [6.45, 7) is 2.75. The largest absolute Gasteiger partial charge is 0.350 e. The summed E-state index contributed by atoms with van der Waals surface area (Å²) in [6.07, 6.45) is 1.75. The Labute approximate surface area is 144 Å². The Morgan fingerprint density at radius 2 is 1.87 bits per heavy atom. The lowest BCUT2D eigenvalue weighted by atomic mass is 10.2. The first-order chi connectivity index (χ1) is 11.2. The summed E-state index contributed by atoms with van der Waals surface area (Å²) in [5, 5.41) is 6.57. The fourth-order valence-corrected chi connectivity index (χ4v) is 2.67. The van der Waals surface area contributed by atoms with Gasteiger partial charge in [0.1, 0.15) is 5.82 Å². The van der Waals surface area contributed by atoms with E-state index in [-0.39, 0.29) is 0 Å². The van der Waals surface area contributed by atoms with Crippen molar-refractivity contribution in [1.82, 2.24) is 9.97 Å². The van der Waals surface area contributed by atoms with Crippen LogP contribution >= 0.6 is 15.9 Å². The third kappa shape index (κ3) is 4.29. The highest BCUT2D eigenvalue weighted by Crippen LogP contribution is 2.23. The number of halogens is 1. The molecule has 1 heterocycles. The summed E-state index contributed by atoms with van der Waals surface area (Å²) < 4.78 is 1.06. The summed E-state index contributed by atoms with van der Waals surface area (Å²) >= 11 is 3.47. The molecular formula is C18H17BrN4. The van der Waals surface area contributed by atoms with Gasteiger partial charge < -0.3 is 10.6 Å². The number of nitrogens with zero attached hydrogens (tertiary/aromatic N) is 2. The van der Waals surface area contributed by atoms with Crippen molar-refractivity contribution in [1.29, 1.82) is 0 Å². The number of nitrogens with one attached hydrogen (secondary N) is 2. The maximum Gasteiger partial charge on any atom is 0.224 e. The number of aromatic nitrogens is 2. The molecule has 1 aromatic heterocycles. The first-order valence-corrected chi connectivity index (χ1v) is 8.14. The summed E-state index contributed by atoms with van der Waals surface area (Å²) in [6, 6.07) is 18.1. The van der Waals surface area contributed by atoms with Gasteiger partial charge in [-0.05, 0) is 42.3 Å². The monoisotopic (exact) mass is 368 g/mol. The third-order valence-corrected chi connectivity index (χ3v) is 3.89. The molecule has 0 aliphatic carbocycles. The molecule has 5 heteroatoms. The molecule has 4 nitrogen and oxygen atoms in total. The van der Waals surface area contributed by atoms with Crippen LogP contribution in [0.15, 0.2) is 65.3 Å². The van der Waals surface area contributed by atoms with Crippen LogP contribution in [0.1, 0.15) is 11.1 Å². The van der Waals surface area contributed by atoms with Gasteiger partial charge in [-0.1, -0.05) is 46.3 Å². The van der Waals surface area contributed by atoms with Gasteiger partial charge >= 0.3 is 0 Å². The zero-order valence-corrected chi connectivity index (χ0v) is 14.3. The molecule has 3 aromatic rings. The first kappa shape index (κ1) is 15.5. The molecule has 116 valence electrons. The Morgan fingerprint density at radius 1 is 1.04 bits per heavy atom. The molecular weight excluding hydrogens is 352 g/mol. The number of aryl methyl sites for hydroxylation is 1. The first-order valence-electron chi connectivity index (χ1n) is 7.35. The lowest BCUT2D eigenvalue weighted by molar-refractivity contribution is 1.06. The minimum atomic E-state index is 0.605. The number of hydrogen-bond donors (Lipinski definition) is 2. The van der Waals surface area contributed by atoms with E-state index in [4.69, 9.17) is 0 Å². The lowest BCUT2D eigenvalue weighted by Gasteiger charge is -2.10. The van der Waals surface area contributed by atoms with Gasteiger partial charge in [0, 0.05) is 22.9 Å². The van der Waals surface area contributed by atoms with Crippen LogP contribution in [0.4, 0.5) is 17.5 Å². The number of hydrogen-bond acceptors (Lipinski definition) is 4. The zero-order chi connectivity index (χ0) is 16.1. The van der Waals surface area contributed by atoms with Crippen molar-refractivity contribution in [3.8, 4) is 0 Å². The smallest absolute Gasteiger partial charge is 0.224 e. The molecule has 0 unspecified atom stereocenters. The van der Waals surface area contributed by atoms with E-state index in [1.165, 1.54) is 5.56 Å². The maximum absolute atomic E-state index is 4.50. The minimum absolute atomic E-state index is 0.605.